The third-order valence-corrected chi connectivity index (χ3v) is 7.11. The highest BCUT2D eigenvalue weighted by Gasteiger charge is 2.33. The Balaban J connectivity index is 1.36. The van der Waals surface area contributed by atoms with Crippen LogP contribution >= 0.6 is 0 Å². The molecule has 0 radical (unpaired) electrons. The normalized spacial score (nSPS) is 15.0. The van der Waals surface area contributed by atoms with Crippen molar-refractivity contribution in [3.05, 3.63) is 83.7 Å². The van der Waals surface area contributed by atoms with Crippen molar-refractivity contribution in [1.29, 1.82) is 0 Å². The van der Waals surface area contributed by atoms with Gasteiger partial charge < -0.3 is 14.4 Å². The summed E-state index contributed by atoms with van der Waals surface area (Å²) in [6.07, 6.45) is 1.72. The van der Waals surface area contributed by atoms with E-state index in [-0.39, 0.29) is 34.9 Å². The lowest BCUT2D eigenvalue weighted by atomic mass is 10.1. The predicted molar refractivity (Wildman–Crippen MR) is 124 cm³/mol. The molecule has 0 spiro atoms. The Hall–Kier alpha value is -3.59. The number of carbonyl (C=O) groups excluding carboxylic acids is 1. The SMILES string of the molecule is O=C(c1cccc(NS(=O)(=O)c2ccc3c(c2)OCCO3)c1)N(Cc1ccccc1F)C1CC1. The molecule has 3 aromatic rings. The third kappa shape index (κ3) is 4.70. The minimum atomic E-state index is -3.93. The first kappa shape index (κ1) is 22.2. The fourth-order valence-corrected chi connectivity index (χ4v) is 4.91. The van der Waals surface area contributed by atoms with Crippen LogP contribution in [0.1, 0.15) is 28.8 Å². The van der Waals surface area contributed by atoms with Crippen molar-refractivity contribution >= 4 is 21.6 Å². The molecule has 0 saturated heterocycles. The largest absolute Gasteiger partial charge is 0.486 e. The first-order valence-corrected chi connectivity index (χ1v) is 12.5. The lowest BCUT2D eigenvalue weighted by Crippen LogP contribution is -2.33. The van der Waals surface area contributed by atoms with Crippen LogP contribution < -0.4 is 14.2 Å². The van der Waals surface area contributed by atoms with Gasteiger partial charge in [-0.15, -0.1) is 0 Å². The molecule has 0 unspecified atom stereocenters. The van der Waals surface area contributed by atoms with Crippen LogP contribution in [-0.4, -0.2) is 38.5 Å². The Morgan fingerprint density at radius 3 is 2.50 bits per heavy atom. The molecular weight excluding hydrogens is 459 g/mol. The van der Waals surface area contributed by atoms with Crippen molar-refractivity contribution < 1.29 is 27.1 Å². The number of rotatable bonds is 7. The summed E-state index contributed by atoms with van der Waals surface area (Å²) in [5.41, 5.74) is 1.02. The summed E-state index contributed by atoms with van der Waals surface area (Å²) >= 11 is 0. The average molecular weight is 483 g/mol. The van der Waals surface area contributed by atoms with Crippen LogP contribution in [-0.2, 0) is 16.6 Å². The second kappa shape index (κ2) is 8.98. The number of fused-ring (bicyclic) bond motifs is 1. The van der Waals surface area contributed by atoms with E-state index in [0.717, 1.165) is 12.8 Å². The molecule has 0 aromatic heterocycles. The molecule has 0 atom stereocenters. The van der Waals surface area contributed by atoms with Gasteiger partial charge in [0, 0.05) is 35.5 Å². The van der Waals surface area contributed by atoms with Crippen LogP contribution in [0.5, 0.6) is 11.5 Å². The van der Waals surface area contributed by atoms with Crippen molar-refractivity contribution in [2.75, 3.05) is 17.9 Å². The maximum Gasteiger partial charge on any atom is 0.262 e. The molecule has 0 bridgehead atoms. The number of amides is 1. The van der Waals surface area contributed by atoms with Gasteiger partial charge in [-0.25, -0.2) is 12.8 Å². The molecular formula is C25H23FN2O5S. The summed E-state index contributed by atoms with van der Waals surface area (Å²) < 4.78 is 53.5. The Morgan fingerprint density at radius 1 is 0.971 bits per heavy atom. The van der Waals surface area contributed by atoms with Gasteiger partial charge in [-0.2, -0.15) is 0 Å². The van der Waals surface area contributed by atoms with E-state index < -0.39 is 10.0 Å². The van der Waals surface area contributed by atoms with Gasteiger partial charge in [0.2, 0.25) is 0 Å². The quantitative estimate of drug-likeness (QED) is 0.546. The van der Waals surface area contributed by atoms with Gasteiger partial charge in [-0.05, 0) is 49.2 Å². The summed E-state index contributed by atoms with van der Waals surface area (Å²) in [7, 11) is -3.93. The molecule has 1 fully saturated rings. The van der Waals surface area contributed by atoms with E-state index in [9.17, 15) is 17.6 Å². The van der Waals surface area contributed by atoms with E-state index >= 15 is 0 Å². The van der Waals surface area contributed by atoms with Crippen molar-refractivity contribution in [3.8, 4) is 11.5 Å². The summed E-state index contributed by atoms with van der Waals surface area (Å²) in [4.78, 5) is 15.0. The van der Waals surface area contributed by atoms with E-state index in [1.54, 1.807) is 47.4 Å². The summed E-state index contributed by atoms with van der Waals surface area (Å²) in [5.74, 6) is 0.229. The topological polar surface area (TPSA) is 84.9 Å². The highest BCUT2D eigenvalue weighted by Crippen LogP contribution is 2.33. The van der Waals surface area contributed by atoms with E-state index in [2.05, 4.69) is 4.72 Å². The highest BCUT2D eigenvalue weighted by atomic mass is 32.2. The fourth-order valence-electron chi connectivity index (χ4n) is 3.85. The maximum atomic E-state index is 14.2. The molecule has 34 heavy (non-hydrogen) atoms. The minimum absolute atomic E-state index is 0.0210. The lowest BCUT2D eigenvalue weighted by molar-refractivity contribution is 0.0728. The van der Waals surface area contributed by atoms with Gasteiger partial charge in [0.25, 0.3) is 15.9 Å². The number of anilines is 1. The average Bonchev–Trinajstić information content (AvgIpc) is 3.68. The second-order valence-electron chi connectivity index (χ2n) is 8.25. The van der Waals surface area contributed by atoms with Crippen LogP contribution in [0.2, 0.25) is 0 Å². The smallest absolute Gasteiger partial charge is 0.262 e. The van der Waals surface area contributed by atoms with E-state index in [4.69, 9.17) is 9.47 Å². The predicted octanol–water partition coefficient (Wildman–Crippen LogP) is 4.20. The monoisotopic (exact) mass is 482 g/mol. The number of benzene rings is 3. The van der Waals surface area contributed by atoms with Crippen LogP contribution in [0.25, 0.3) is 0 Å². The van der Waals surface area contributed by atoms with Crippen molar-refractivity contribution in [2.45, 2.75) is 30.3 Å². The fraction of sp³-hybridized carbons (Fsp3) is 0.240. The number of nitrogens with zero attached hydrogens (tertiary/aromatic N) is 1. The molecule has 1 heterocycles. The maximum absolute atomic E-state index is 14.2. The zero-order valence-electron chi connectivity index (χ0n) is 18.2. The first-order valence-electron chi connectivity index (χ1n) is 11.0. The first-order chi connectivity index (χ1) is 16.4. The highest BCUT2D eigenvalue weighted by molar-refractivity contribution is 7.92. The van der Waals surface area contributed by atoms with Gasteiger partial charge >= 0.3 is 0 Å². The molecule has 5 rings (SSSR count). The van der Waals surface area contributed by atoms with Crippen LogP contribution in [0.3, 0.4) is 0 Å². The van der Waals surface area contributed by atoms with Gasteiger partial charge in [0.1, 0.15) is 19.0 Å². The van der Waals surface area contributed by atoms with Crippen molar-refractivity contribution in [3.63, 3.8) is 0 Å². The third-order valence-electron chi connectivity index (χ3n) is 5.73. The number of hydrogen-bond acceptors (Lipinski definition) is 5. The molecule has 9 heteroatoms. The van der Waals surface area contributed by atoms with Crippen LogP contribution in [0.4, 0.5) is 10.1 Å². The van der Waals surface area contributed by atoms with E-state index in [1.165, 1.54) is 24.3 Å². The van der Waals surface area contributed by atoms with E-state index in [1.807, 2.05) is 0 Å². The lowest BCUT2D eigenvalue weighted by Gasteiger charge is -2.23. The zero-order chi connectivity index (χ0) is 23.7. The molecule has 1 saturated carbocycles. The molecule has 2 aliphatic rings. The Morgan fingerprint density at radius 2 is 1.74 bits per heavy atom. The Kier molecular flexibility index (Phi) is 5.87. The molecule has 176 valence electrons. The minimum Gasteiger partial charge on any atom is -0.486 e. The number of nitrogens with one attached hydrogen (secondary N) is 1. The molecule has 1 N–H and O–H groups in total. The molecule has 3 aromatic carbocycles. The van der Waals surface area contributed by atoms with Crippen LogP contribution in [0, 0.1) is 5.82 Å². The van der Waals surface area contributed by atoms with Crippen LogP contribution in [0.15, 0.2) is 71.6 Å². The standard InChI is InChI=1S/C25H23FN2O5S/c26-22-7-2-1-4-18(22)16-28(20-8-9-20)25(29)17-5-3-6-19(14-17)27-34(30,31)21-10-11-23-24(15-21)33-13-12-32-23/h1-7,10-11,14-15,20,27H,8-9,12-13,16H2. The molecule has 1 aliphatic carbocycles. The Bertz CT molecular complexity index is 1340. The van der Waals surface area contributed by atoms with Crippen molar-refractivity contribution in [1.82, 2.24) is 4.90 Å². The van der Waals surface area contributed by atoms with E-state index in [0.29, 0.717) is 35.8 Å². The number of halogens is 1. The van der Waals surface area contributed by atoms with Crippen molar-refractivity contribution in [2.24, 2.45) is 0 Å². The number of carbonyl (C=O) groups is 1. The number of hydrogen-bond donors (Lipinski definition) is 1. The molecule has 1 aliphatic heterocycles. The summed E-state index contributed by atoms with van der Waals surface area (Å²) in [6.45, 7) is 0.911. The summed E-state index contributed by atoms with van der Waals surface area (Å²) in [5, 5.41) is 0. The van der Waals surface area contributed by atoms with Gasteiger partial charge in [-0.3, -0.25) is 9.52 Å². The van der Waals surface area contributed by atoms with Gasteiger partial charge in [-0.1, -0.05) is 24.3 Å². The number of sulfonamides is 1. The zero-order valence-corrected chi connectivity index (χ0v) is 19.1. The van der Waals surface area contributed by atoms with Gasteiger partial charge in [0.05, 0.1) is 4.90 Å². The number of ether oxygens (including phenoxy) is 2. The van der Waals surface area contributed by atoms with Gasteiger partial charge in [0.15, 0.2) is 11.5 Å². The molecule has 7 nitrogen and oxygen atoms in total. The summed E-state index contributed by atoms with van der Waals surface area (Å²) in [6, 6.07) is 17.1. The molecule has 1 amide bonds. The Labute approximate surface area is 197 Å². The second-order valence-corrected chi connectivity index (χ2v) is 9.93.